The lowest BCUT2D eigenvalue weighted by Gasteiger charge is -2.19. The highest BCUT2D eigenvalue weighted by molar-refractivity contribution is 5.94. The molecular weight excluding hydrogens is 276 g/mol. The minimum absolute atomic E-state index is 0.369. The van der Waals surface area contributed by atoms with Crippen molar-refractivity contribution >= 4 is 5.97 Å². The first-order valence-corrected chi connectivity index (χ1v) is 8.02. The largest absolute Gasteiger partial charge is 0.464 e. The van der Waals surface area contributed by atoms with Gasteiger partial charge in [-0.3, -0.25) is 0 Å². The van der Waals surface area contributed by atoms with Crippen molar-refractivity contribution in [2.24, 2.45) is 0 Å². The van der Waals surface area contributed by atoms with Gasteiger partial charge in [0.1, 0.15) is 0 Å². The lowest BCUT2D eigenvalue weighted by molar-refractivity contribution is 0.0595. The van der Waals surface area contributed by atoms with Gasteiger partial charge >= 0.3 is 5.97 Å². The number of nitrogens with zero attached hydrogens (tertiary/aromatic N) is 2. The van der Waals surface area contributed by atoms with E-state index in [1.165, 1.54) is 32.8 Å². The number of carbonyl (C=O) groups excluding carboxylic acids is 1. The number of methoxy groups -OCH3 is 1. The maximum atomic E-state index is 12.1. The second-order valence-electron chi connectivity index (χ2n) is 5.85. The number of hydrogen-bond acceptors (Lipinski definition) is 3. The van der Waals surface area contributed by atoms with Crippen molar-refractivity contribution in [3.63, 3.8) is 0 Å². The minimum atomic E-state index is -0.369. The van der Waals surface area contributed by atoms with Gasteiger partial charge in [-0.2, -0.15) is 0 Å². The first-order valence-electron chi connectivity index (χ1n) is 8.02. The highest BCUT2D eigenvalue weighted by atomic mass is 16.5. The van der Waals surface area contributed by atoms with Crippen LogP contribution in [0.25, 0.3) is 11.3 Å². The summed E-state index contributed by atoms with van der Waals surface area (Å²) in [6.45, 7) is 0. The zero-order valence-electron chi connectivity index (χ0n) is 13.0. The third kappa shape index (κ3) is 2.91. The van der Waals surface area contributed by atoms with Crippen LogP contribution in [-0.4, -0.2) is 22.6 Å². The van der Waals surface area contributed by atoms with E-state index in [1.54, 1.807) is 0 Å². The quantitative estimate of drug-likeness (QED) is 0.629. The van der Waals surface area contributed by atoms with E-state index in [0.717, 1.165) is 24.1 Å². The van der Waals surface area contributed by atoms with E-state index in [9.17, 15) is 4.79 Å². The molecule has 2 aromatic rings. The number of benzene rings is 1. The Labute approximate surface area is 131 Å². The van der Waals surface area contributed by atoms with E-state index < -0.39 is 0 Å². The summed E-state index contributed by atoms with van der Waals surface area (Å²) < 4.78 is 7.10. The van der Waals surface area contributed by atoms with Gasteiger partial charge in [0.15, 0.2) is 5.69 Å². The fraction of sp³-hybridized carbons (Fsp3) is 0.444. The Kier molecular flexibility index (Phi) is 4.56. The first-order chi connectivity index (χ1) is 10.8. The molecule has 0 aliphatic heterocycles. The van der Waals surface area contributed by atoms with Crippen LogP contribution in [0.3, 0.4) is 0 Å². The monoisotopic (exact) mass is 298 g/mol. The number of carbonyl (C=O) groups is 1. The standard InChI is InChI=1S/C18H22N2O2/c1-22-18(21)16-17(14-9-5-4-6-10-14)20(13-19-16)15-11-7-2-3-8-12-15/h4-6,9-10,13,15H,2-3,7-8,11-12H2,1H3. The van der Waals surface area contributed by atoms with E-state index in [0.29, 0.717) is 11.7 Å². The molecular formula is C18H22N2O2. The molecule has 1 fully saturated rings. The summed E-state index contributed by atoms with van der Waals surface area (Å²) in [5, 5.41) is 0. The Morgan fingerprint density at radius 3 is 2.45 bits per heavy atom. The molecule has 4 nitrogen and oxygen atoms in total. The van der Waals surface area contributed by atoms with Gasteiger partial charge in [-0.05, 0) is 12.8 Å². The second kappa shape index (κ2) is 6.77. The maximum Gasteiger partial charge on any atom is 0.358 e. The molecule has 1 aromatic carbocycles. The smallest absolute Gasteiger partial charge is 0.358 e. The first kappa shape index (κ1) is 14.8. The molecule has 0 amide bonds. The van der Waals surface area contributed by atoms with Crippen LogP contribution < -0.4 is 0 Å². The van der Waals surface area contributed by atoms with Crippen LogP contribution in [0.5, 0.6) is 0 Å². The molecule has 1 saturated carbocycles. The average molecular weight is 298 g/mol. The van der Waals surface area contributed by atoms with Gasteiger partial charge in [-0.1, -0.05) is 56.0 Å². The molecule has 116 valence electrons. The van der Waals surface area contributed by atoms with Gasteiger partial charge in [0.05, 0.1) is 19.1 Å². The highest BCUT2D eigenvalue weighted by Crippen LogP contribution is 2.33. The van der Waals surface area contributed by atoms with Gasteiger partial charge < -0.3 is 9.30 Å². The number of aromatic nitrogens is 2. The molecule has 0 N–H and O–H groups in total. The summed E-state index contributed by atoms with van der Waals surface area (Å²) in [5.74, 6) is -0.369. The molecule has 0 radical (unpaired) electrons. The van der Waals surface area contributed by atoms with Crippen molar-refractivity contribution in [2.75, 3.05) is 7.11 Å². The zero-order chi connectivity index (χ0) is 15.4. The van der Waals surface area contributed by atoms with Gasteiger partial charge in [0.25, 0.3) is 0 Å². The van der Waals surface area contributed by atoms with E-state index >= 15 is 0 Å². The van der Waals surface area contributed by atoms with Crippen molar-refractivity contribution in [1.82, 2.24) is 9.55 Å². The fourth-order valence-corrected chi connectivity index (χ4v) is 3.30. The van der Waals surface area contributed by atoms with Crippen LogP contribution in [-0.2, 0) is 4.74 Å². The van der Waals surface area contributed by atoms with Crippen LogP contribution in [0.1, 0.15) is 55.1 Å². The average Bonchev–Trinajstić information content (AvgIpc) is 2.83. The molecule has 0 saturated heterocycles. The minimum Gasteiger partial charge on any atom is -0.464 e. The van der Waals surface area contributed by atoms with Crippen molar-refractivity contribution < 1.29 is 9.53 Å². The molecule has 1 heterocycles. The Morgan fingerprint density at radius 2 is 1.82 bits per heavy atom. The van der Waals surface area contributed by atoms with Crippen LogP contribution in [0.2, 0.25) is 0 Å². The molecule has 0 unspecified atom stereocenters. The number of esters is 1. The maximum absolute atomic E-state index is 12.1. The summed E-state index contributed by atoms with van der Waals surface area (Å²) in [5.41, 5.74) is 2.32. The Bertz CT molecular complexity index is 626. The van der Waals surface area contributed by atoms with Crippen LogP contribution in [0, 0.1) is 0 Å². The van der Waals surface area contributed by atoms with Gasteiger partial charge in [-0.15, -0.1) is 0 Å². The Hall–Kier alpha value is -2.10. The third-order valence-electron chi connectivity index (χ3n) is 4.44. The summed E-state index contributed by atoms with van der Waals surface area (Å²) in [6, 6.07) is 10.4. The van der Waals surface area contributed by atoms with Crippen LogP contribution >= 0.6 is 0 Å². The van der Waals surface area contributed by atoms with Gasteiger partial charge in [-0.25, -0.2) is 9.78 Å². The fourth-order valence-electron chi connectivity index (χ4n) is 3.30. The van der Waals surface area contributed by atoms with Gasteiger partial charge in [0, 0.05) is 11.6 Å². The van der Waals surface area contributed by atoms with Crippen LogP contribution in [0.15, 0.2) is 36.7 Å². The van der Waals surface area contributed by atoms with E-state index in [1.807, 2.05) is 36.7 Å². The van der Waals surface area contributed by atoms with Crippen molar-refractivity contribution in [3.05, 3.63) is 42.4 Å². The van der Waals surface area contributed by atoms with Gasteiger partial charge in [0.2, 0.25) is 0 Å². The van der Waals surface area contributed by atoms with E-state index in [4.69, 9.17) is 4.74 Å². The summed E-state index contributed by atoms with van der Waals surface area (Å²) in [7, 11) is 1.40. The normalized spacial score (nSPS) is 16.2. The lowest BCUT2D eigenvalue weighted by Crippen LogP contribution is -2.11. The molecule has 0 bridgehead atoms. The van der Waals surface area contributed by atoms with E-state index in [-0.39, 0.29) is 5.97 Å². The predicted octanol–water partition coefficient (Wildman–Crippen LogP) is 4.23. The molecule has 1 aliphatic rings. The number of imidazole rings is 1. The number of rotatable bonds is 3. The van der Waals surface area contributed by atoms with Crippen LogP contribution in [0.4, 0.5) is 0 Å². The molecule has 0 spiro atoms. The Balaban J connectivity index is 2.06. The molecule has 4 heteroatoms. The molecule has 0 atom stereocenters. The highest BCUT2D eigenvalue weighted by Gasteiger charge is 2.24. The van der Waals surface area contributed by atoms with E-state index in [2.05, 4.69) is 9.55 Å². The van der Waals surface area contributed by atoms with Crippen molar-refractivity contribution in [2.45, 2.75) is 44.6 Å². The molecule has 22 heavy (non-hydrogen) atoms. The Morgan fingerprint density at radius 1 is 1.14 bits per heavy atom. The zero-order valence-corrected chi connectivity index (χ0v) is 13.0. The third-order valence-corrected chi connectivity index (χ3v) is 4.44. The molecule has 3 rings (SSSR count). The summed E-state index contributed by atoms with van der Waals surface area (Å²) >= 11 is 0. The summed E-state index contributed by atoms with van der Waals surface area (Å²) in [6.07, 6.45) is 9.19. The van der Waals surface area contributed by atoms with Crippen molar-refractivity contribution in [1.29, 1.82) is 0 Å². The number of hydrogen-bond donors (Lipinski definition) is 0. The molecule has 1 aliphatic carbocycles. The topological polar surface area (TPSA) is 44.1 Å². The lowest BCUT2D eigenvalue weighted by atomic mass is 10.1. The second-order valence-corrected chi connectivity index (χ2v) is 5.85. The predicted molar refractivity (Wildman–Crippen MR) is 85.7 cm³/mol. The molecule has 1 aromatic heterocycles. The van der Waals surface area contributed by atoms with Crippen molar-refractivity contribution in [3.8, 4) is 11.3 Å². The summed E-state index contributed by atoms with van der Waals surface area (Å²) in [4.78, 5) is 16.4. The number of ether oxygens (including phenoxy) is 1. The SMILES string of the molecule is COC(=O)c1ncn(C2CCCCCC2)c1-c1ccccc1.